The molecule has 0 heterocycles. The van der Waals surface area contributed by atoms with E-state index in [0.717, 1.165) is 19.3 Å². The molecule has 0 spiro atoms. The topological polar surface area (TPSA) is 72.2 Å². The minimum absolute atomic E-state index is 0.0882. The zero-order valence-corrected chi connectivity index (χ0v) is 11.8. The standard InChI is InChI=1S/C12H17ClN2O2S/c1-2-12(5-6-12)8-15-18(16,17)11-4-3-9(14)7-10(11)13/h3-4,7,15H,2,5-6,8,14H2,1H3. The molecule has 3 N–H and O–H groups in total. The highest BCUT2D eigenvalue weighted by molar-refractivity contribution is 7.89. The van der Waals surface area contributed by atoms with Gasteiger partial charge < -0.3 is 5.73 Å². The maximum atomic E-state index is 12.1. The van der Waals surface area contributed by atoms with Crippen molar-refractivity contribution in [2.24, 2.45) is 5.41 Å². The smallest absolute Gasteiger partial charge is 0.242 e. The van der Waals surface area contributed by atoms with E-state index in [-0.39, 0.29) is 15.3 Å². The summed E-state index contributed by atoms with van der Waals surface area (Å²) < 4.78 is 26.9. The highest BCUT2D eigenvalue weighted by atomic mass is 35.5. The Labute approximate surface area is 113 Å². The zero-order valence-electron chi connectivity index (χ0n) is 10.2. The van der Waals surface area contributed by atoms with Crippen LogP contribution in [-0.2, 0) is 10.0 Å². The van der Waals surface area contributed by atoms with E-state index in [1.807, 2.05) is 0 Å². The molecule has 0 unspecified atom stereocenters. The fourth-order valence-corrected chi connectivity index (χ4v) is 3.60. The van der Waals surface area contributed by atoms with E-state index in [1.165, 1.54) is 18.2 Å². The highest BCUT2D eigenvalue weighted by Crippen LogP contribution is 2.48. The molecule has 1 aliphatic rings. The van der Waals surface area contributed by atoms with Crippen LogP contribution in [0.5, 0.6) is 0 Å². The molecule has 0 bridgehead atoms. The summed E-state index contributed by atoms with van der Waals surface area (Å²) in [5.41, 5.74) is 6.16. The lowest BCUT2D eigenvalue weighted by atomic mass is 10.1. The van der Waals surface area contributed by atoms with E-state index < -0.39 is 10.0 Å². The quantitative estimate of drug-likeness (QED) is 0.817. The van der Waals surface area contributed by atoms with E-state index in [2.05, 4.69) is 11.6 Å². The van der Waals surface area contributed by atoms with Gasteiger partial charge in [-0.25, -0.2) is 13.1 Å². The SMILES string of the molecule is CCC1(CNS(=O)(=O)c2ccc(N)cc2Cl)CC1. The molecule has 0 saturated heterocycles. The number of nitrogens with one attached hydrogen (secondary N) is 1. The Hall–Kier alpha value is -0.780. The van der Waals surface area contributed by atoms with E-state index >= 15 is 0 Å². The Morgan fingerprint density at radius 3 is 2.61 bits per heavy atom. The Morgan fingerprint density at radius 1 is 1.44 bits per heavy atom. The molecule has 1 fully saturated rings. The van der Waals surface area contributed by atoms with Gasteiger partial charge in [-0.3, -0.25) is 0 Å². The first-order valence-electron chi connectivity index (χ1n) is 5.93. The van der Waals surface area contributed by atoms with E-state index in [1.54, 1.807) is 0 Å². The first-order chi connectivity index (χ1) is 8.38. The van der Waals surface area contributed by atoms with E-state index in [0.29, 0.717) is 12.2 Å². The molecule has 4 nitrogen and oxygen atoms in total. The highest BCUT2D eigenvalue weighted by Gasteiger charge is 2.41. The van der Waals surface area contributed by atoms with Crippen molar-refractivity contribution in [3.8, 4) is 0 Å². The zero-order chi connectivity index (χ0) is 13.4. The van der Waals surface area contributed by atoms with Crippen LogP contribution in [0.2, 0.25) is 5.02 Å². The monoisotopic (exact) mass is 288 g/mol. The second-order valence-electron chi connectivity index (χ2n) is 4.87. The van der Waals surface area contributed by atoms with Gasteiger partial charge in [0.1, 0.15) is 4.90 Å². The van der Waals surface area contributed by atoms with Crippen molar-refractivity contribution in [2.45, 2.75) is 31.1 Å². The summed E-state index contributed by atoms with van der Waals surface area (Å²) in [6, 6.07) is 4.42. The number of sulfonamides is 1. The molecule has 1 aliphatic carbocycles. The van der Waals surface area contributed by atoms with Crippen molar-refractivity contribution in [3.05, 3.63) is 23.2 Å². The summed E-state index contributed by atoms with van der Waals surface area (Å²) in [7, 11) is -3.55. The van der Waals surface area contributed by atoms with Crippen LogP contribution in [0.25, 0.3) is 0 Å². The molecule has 2 rings (SSSR count). The van der Waals surface area contributed by atoms with Gasteiger partial charge in [0.05, 0.1) is 5.02 Å². The second kappa shape index (κ2) is 4.72. The first-order valence-corrected chi connectivity index (χ1v) is 7.79. The molecular weight excluding hydrogens is 272 g/mol. The van der Waals surface area contributed by atoms with Crippen molar-refractivity contribution in [2.75, 3.05) is 12.3 Å². The molecule has 1 aromatic rings. The summed E-state index contributed by atoms with van der Waals surface area (Å²) in [5.74, 6) is 0. The Bertz CT molecular complexity index is 553. The summed E-state index contributed by atoms with van der Waals surface area (Å²) in [6.07, 6.45) is 3.16. The molecule has 0 aromatic heterocycles. The molecule has 0 radical (unpaired) electrons. The number of halogens is 1. The molecular formula is C12H17ClN2O2S. The first kappa shape index (κ1) is 13.6. The van der Waals surface area contributed by atoms with E-state index in [9.17, 15) is 8.42 Å². The number of nitrogens with two attached hydrogens (primary N) is 1. The summed E-state index contributed by atoms with van der Waals surface area (Å²) in [6.45, 7) is 2.56. The van der Waals surface area contributed by atoms with Gasteiger partial charge in [0, 0.05) is 12.2 Å². The molecule has 1 aromatic carbocycles. The normalized spacial score (nSPS) is 17.7. The second-order valence-corrected chi connectivity index (χ2v) is 7.01. The van der Waals surface area contributed by atoms with Crippen molar-refractivity contribution in [3.63, 3.8) is 0 Å². The van der Waals surface area contributed by atoms with Gasteiger partial charge in [-0.05, 0) is 42.9 Å². The van der Waals surface area contributed by atoms with Crippen LogP contribution in [0.3, 0.4) is 0 Å². The third-order valence-corrected chi connectivity index (χ3v) is 5.47. The molecule has 1 saturated carbocycles. The Kier molecular flexibility index (Phi) is 3.58. The Balaban J connectivity index is 2.15. The average molecular weight is 289 g/mol. The maximum Gasteiger partial charge on any atom is 0.242 e. The van der Waals surface area contributed by atoms with Crippen LogP contribution >= 0.6 is 11.6 Å². The molecule has 0 atom stereocenters. The van der Waals surface area contributed by atoms with Crippen LogP contribution < -0.4 is 10.5 Å². The minimum Gasteiger partial charge on any atom is -0.399 e. The van der Waals surface area contributed by atoms with Crippen LogP contribution in [0.1, 0.15) is 26.2 Å². The fraction of sp³-hybridized carbons (Fsp3) is 0.500. The Morgan fingerprint density at radius 2 is 2.11 bits per heavy atom. The van der Waals surface area contributed by atoms with Gasteiger partial charge in [0.15, 0.2) is 0 Å². The van der Waals surface area contributed by atoms with Crippen LogP contribution in [0.15, 0.2) is 23.1 Å². The lowest BCUT2D eigenvalue weighted by molar-refractivity contribution is 0.475. The summed E-state index contributed by atoms with van der Waals surface area (Å²) in [4.78, 5) is 0.0882. The molecule has 18 heavy (non-hydrogen) atoms. The molecule has 100 valence electrons. The predicted molar refractivity (Wildman–Crippen MR) is 73.0 cm³/mol. The molecule has 0 aliphatic heterocycles. The summed E-state index contributed by atoms with van der Waals surface area (Å²) >= 11 is 5.91. The number of nitrogen functional groups attached to an aromatic ring is 1. The van der Waals surface area contributed by atoms with Gasteiger partial charge in [-0.15, -0.1) is 0 Å². The van der Waals surface area contributed by atoms with Crippen molar-refractivity contribution in [1.82, 2.24) is 4.72 Å². The number of anilines is 1. The predicted octanol–water partition coefficient (Wildman–Crippen LogP) is 2.39. The van der Waals surface area contributed by atoms with Gasteiger partial charge in [0.25, 0.3) is 0 Å². The van der Waals surface area contributed by atoms with Gasteiger partial charge in [0.2, 0.25) is 10.0 Å². The number of hydrogen-bond acceptors (Lipinski definition) is 3. The van der Waals surface area contributed by atoms with Gasteiger partial charge in [-0.1, -0.05) is 18.5 Å². The molecule has 0 amide bonds. The number of hydrogen-bond donors (Lipinski definition) is 2. The fourth-order valence-electron chi connectivity index (χ4n) is 1.89. The van der Waals surface area contributed by atoms with Crippen molar-refractivity contribution in [1.29, 1.82) is 0 Å². The van der Waals surface area contributed by atoms with Crippen LogP contribution in [0, 0.1) is 5.41 Å². The number of rotatable bonds is 5. The number of benzene rings is 1. The minimum atomic E-state index is -3.55. The van der Waals surface area contributed by atoms with Gasteiger partial charge in [-0.2, -0.15) is 0 Å². The third-order valence-electron chi connectivity index (χ3n) is 3.59. The average Bonchev–Trinajstić information content (AvgIpc) is 3.07. The van der Waals surface area contributed by atoms with Crippen molar-refractivity contribution < 1.29 is 8.42 Å². The van der Waals surface area contributed by atoms with Crippen molar-refractivity contribution >= 4 is 27.3 Å². The van der Waals surface area contributed by atoms with E-state index in [4.69, 9.17) is 17.3 Å². The largest absolute Gasteiger partial charge is 0.399 e. The van der Waals surface area contributed by atoms with Crippen LogP contribution in [-0.4, -0.2) is 15.0 Å². The molecule has 6 heteroatoms. The summed E-state index contributed by atoms with van der Waals surface area (Å²) in [5, 5.41) is 0.156. The van der Waals surface area contributed by atoms with Gasteiger partial charge >= 0.3 is 0 Å². The third kappa shape index (κ3) is 2.79. The maximum absolute atomic E-state index is 12.1. The lowest BCUT2D eigenvalue weighted by Crippen LogP contribution is -2.30. The van der Waals surface area contributed by atoms with Crippen LogP contribution in [0.4, 0.5) is 5.69 Å². The lowest BCUT2D eigenvalue weighted by Gasteiger charge is -2.14.